The number of ether oxygens (including phenoxy) is 2. The Morgan fingerprint density at radius 1 is 1.11 bits per heavy atom. The number of methoxy groups -OCH3 is 2. The van der Waals surface area contributed by atoms with Crippen molar-refractivity contribution < 1.29 is 22.7 Å². The summed E-state index contributed by atoms with van der Waals surface area (Å²) >= 11 is 0. The normalized spacial score (nSPS) is 14.4. The van der Waals surface area contributed by atoms with Crippen LogP contribution in [0, 0.1) is 5.92 Å². The van der Waals surface area contributed by atoms with Crippen LogP contribution in [0.25, 0.3) is 11.1 Å². The molecule has 1 heterocycles. The van der Waals surface area contributed by atoms with Gasteiger partial charge in [0.15, 0.2) is 0 Å². The summed E-state index contributed by atoms with van der Waals surface area (Å²) < 4.78 is 39.1. The Morgan fingerprint density at radius 2 is 1.86 bits per heavy atom. The number of nitrogens with one attached hydrogen (secondary N) is 2. The highest BCUT2D eigenvalue weighted by Crippen LogP contribution is 2.34. The number of amides is 1. The van der Waals surface area contributed by atoms with E-state index in [-0.39, 0.29) is 17.3 Å². The molecule has 0 unspecified atom stereocenters. The van der Waals surface area contributed by atoms with Gasteiger partial charge in [0.05, 0.1) is 25.7 Å². The molecule has 1 fully saturated rings. The predicted molar refractivity (Wildman–Crippen MR) is 142 cm³/mol. The Bertz CT molecular complexity index is 1160. The highest BCUT2D eigenvalue weighted by Gasteiger charge is 2.24. The lowest BCUT2D eigenvalue weighted by Gasteiger charge is -2.32. The van der Waals surface area contributed by atoms with Crippen LogP contribution >= 0.6 is 0 Å². The maximum Gasteiger partial charge on any atom is 0.241 e. The molecule has 1 saturated heterocycles. The summed E-state index contributed by atoms with van der Waals surface area (Å²) in [5, 5.41) is 3.07. The molecule has 1 amide bonds. The molecule has 2 N–H and O–H groups in total. The van der Waals surface area contributed by atoms with Crippen LogP contribution in [0.3, 0.4) is 0 Å². The number of carbonyl (C=O) groups is 1. The Balaban J connectivity index is 1.57. The lowest BCUT2D eigenvalue weighted by Crippen LogP contribution is -2.44. The van der Waals surface area contributed by atoms with E-state index in [0.717, 1.165) is 43.4 Å². The lowest BCUT2D eigenvalue weighted by atomic mass is 9.91. The molecule has 0 spiro atoms. The van der Waals surface area contributed by atoms with Gasteiger partial charge in [0.1, 0.15) is 11.5 Å². The largest absolute Gasteiger partial charge is 0.497 e. The fourth-order valence-corrected chi connectivity index (χ4v) is 5.44. The number of piperidine rings is 1. The molecular formula is C27H37N3O5S. The number of hydrogen-bond donors (Lipinski definition) is 2. The minimum absolute atomic E-state index is 0.0903. The van der Waals surface area contributed by atoms with Crippen LogP contribution in [0.4, 0.5) is 0 Å². The number of hydrogen-bond acceptors (Lipinski definition) is 6. The molecule has 36 heavy (non-hydrogen) atoms. The summed E-state index contributed by atoms with van der Waals surface area (Å²) in [4.78, 5) is 14.6. The third-order valence-corrected chi connectivity index (χ3v) is 8.09. The predicted octanol–water partition coefficient (Wildman–Crippen LogP) is 3.79. The number of allylic oxidation sites excluding steroid dienone is 1. The Morgan fingerprint density at radius 3 is 2.53 bits per heavy atom. The fourth-order valence-electron chi connectivity index (χ4n) is 4.42. The van der Waals surface area contributed by atoms with Crippen molar-refractivity contribution in [3.8, 4) is 22.6 Å². The minimum atomic E-state index is -3.87. The van der Waals surface area contributed by atoms with Crippen molar-refractivity contribution in [3.05, 3.63) is 54.7 Å². The molecule has 196 valence electrons. The molecular weight excluding hydrogens is 478 g/mol. The smallest absolute Gasteiger partial charge is 0.241 e. The number of carbonyl (C=O) groups excluding carboxylic acids is 1. The van der Waals surface area contributed by atoms with Crippen LogP contribution in [0.1, 0.15) is 32.1 Å². The zero-order valence-electron chi connectivity index (χ0n) is 21.4. The van der Waals surface area contributed by atoms with Crippen molar-refractivity contribution in [2.45, 2.75) is 37.0 Å². The van der Waals surface area contributed by atoms with Gasteiger partial charge in [0.2, 0.25) is 15.9 Å². The van der Waals surface area contributed by atoms with Gasteiger partial charge in [-0.15, -0.1) is 0 Å². The first-order chi connectivity index (χ1) is 17.3. The molecule has 0 atom stereocenters. The van der Waals surface area contributed by atoms with Crippen molar-refractivity contribution in [1.29, 1.82) is 0 Å². The van der Waals surface area contributed by atoms with E-state index >= 15 is 0 Å². The number of rotatable bonds is 12. The highest BCUT2D eigenvalue weighted by atomic mass is 32.2. The summed E-state index contributed by atoms with van der Waals surface area (Å²) in [6.45, 7) is 5.01. The highest BCUT2D eigenvalue weighted by molar-refractivity contribution is 7.89. The Hall–Kier alpha value is -3.04. The first-order valence-electron chi connectivity index (χ1n) is 12.2. The van der Waals surface area contributed by atoms with Crippen LogP contribution in [0.5, 0.6) is 11.5 Å². The van der Waals surface area contributed by atoms with Crippen LogP contribution in [-0.4, -0.2) is 60.1 Å². The Labute approximate surface area is 214 Å². The summed E-state index contributed by atoms with van der Waals surface area (Å²) in [6, 6.07) is 11.9. The molecule has 8 nitrogen and oxygen atoms in total. The molecule has 2 aromatic carbocycles. The van der Waals surface area contributed by atoms with Crippen molar-refractivity contribution in [2.24, 2.45) is 5.92 Å². The second kappa shape index (κ2) is 12.8. The molecule has 9 heteroatoms. The zero-order valence-corrected chi connectivity index (χ0v) is 22.2. The van der Waals surface area contributed by atoms with Crippen LogP contribution in [0.15, 0.2) is 59.6 Å². The van der Waals surface area contributed by atoms with Gasteiger partial charge in [-0.25, -0.2) is 13.1 Å². The average molecular weight is 516 g/mol. The maximum atomic E-state index is 13.0. The average Bonchev–Trinajstić information content (AvgIpc) is 2.91. The quantitative estimate of drug-likeness (QED) is 0.447. The number of benzene rings is 2. The third-order valence-electron chi connectivity index (χ3n) is 6.69. The van der Waals surface area contributed by atoms with E-state index in [2.05, 4.69) is 16.6 Å². The lowest BCUT2D eigenvalue weighted by molar-refractivity contribution is -0.131. The van der Waals surface area contributed by atoms with E-state index in [9.17, 15) is 13.2 Å². The summed E-state index contributed by atoms with van der Waals surface area (Å²) in [5.74, 6) is 1.60. The number of sulfonamides is 1. The van der Waals surface area contributed by atoms with Gasteiger partial charge in [-0.05, 0) is 67.9 Å². The van der Waals surface area contributed by atoms with Gasteiger partial charge in [-0.1, -0.05) is 18.7 Å². The minimum Gasteiger partial charge on any atom is -0.497 e. The van der Waals surface area contributed by atoms with Gasteiger partial charge < -0.3 is 19.7 Å². The van der Waals surface area contributed by atoms with Gasteiger partial charge in [0.25, 0.3) is 0 Å². The molecule has 1 aliphatic rings. The van der Waals surface area contributed by atoms with E-state index in [1.165, 1.54) is 6.07 Å². The molecule has 2 aromatic rings. The van der Waals surface area contributed by atoms with Crippen molar-refractivity contribution in [3.63, 3.8) is 0 Å². The summed E-state index contributed by atoms with van der Waals surface area (Å²) in [5.41, 5.74) is 2.47. The van der Waals surface area contributed by atoms with E-state index in [0.29, 0.717) is 36.1 Å². The third kappa shape index (κ3) is 7.24. The molecule has 0 aliphatic carbocycles. The first kappa shape index (κ1) is 27.5. The number of nitrogens with zero attached hydrogens (tertiary/aromatic N) is 1. The maximum absolute atomic E-state index is 13.0. The molecule has 0 aromatic heterocycles. The summed E-state index contributed by atoms with van der Waals surface area (Å²) in [7, 11) is 1.14. The molecule has 1 aliphatic heterocycles. The van der Waals surface area contributed by atoms with Crippen molar-refractivity contribution in [1.82, 2.24) is 14.9 Å². The molecule has 0 radical (unpaired) electrons. The standard InChI is InChI=1S/C27H37N3O5S/c1-20(28-2)7-5-8-21-13-15-30(16-14-21)27(31)19-29-36(32,33)24-10-6-9-22(17-24)25-12-11-23(34-3)18-26(25)35-4/h6,9-12,17-18,21,28-29H,1,5,7-8,13-16,19H2,2-4H3. The van der Waals surface area contributed by atoms with E-state index < -0.39 is 10.0 Å². The van der Waals surface area contributed by atoms with Gasteiger partial charge in [0, 0.05) is 37.5 Å². The molecule has 0 bridgehead atoms. The van der Waals surface area contributed by atoms with Crippen LogP contribution < -0.4 is 19.5 Å². The molecule has 0 saturated carbocycles. The van der Waals surface area contributed by atoms with E-state index in [1.807, 2.05) is 19.2 Å². The van der Waals surface area contributed by atoms with Gasteiger partial charge in [-0.2, -0.15) is 0 Å². The van der Waals surface area contributed by atoms with Gasteiger partial charge >= 0.3 is 0 Å². The van der Waals surface area contributed by atoms with E-state index in [4.69, 9.17) is 9.47 Å². The second-order valence-electron chi connectivity index (χ2n) is 8.99. The monoisotopic (exact) mass is 515 g/mol. The topological polar surface area (TPSA) is 97.0 Å². The van der Waals surface area contributed by atoms with Gasteiger partial charge in [-0.3, -0.25) is 4.79 Å². The Kier molecular flexibility index (Phi) is 9.78. The van der Waals surface area contributed by atoms with Crippen LogP contribution in [0.2, 0.25) is 0 Å². The second-order valence-corrected chi connectivity index (χ2v) is 10.8. The van der Waals surface area contributed by atoms with Crippen LogP contribution in [-0.2, 0) is 14.8 Å². The fraction of sp³-hybridized carbons (Fsp3) is 0.444. The van der Waals surface area contributed by atoms with E-state index in [1.54, 1.807) is 43.4 Å². The SMILES string of the molecule is C=C(CCCC1CCN(C(=O)CNS(=O)(=O)c2cccc(-c3ccc(OC)cc3OC)c2)CC1)NC. The first-order valence-corrected chi connectivity index (χ1v) is 13.7. The summed E-state index contributed by atoms with van der Waals surface area (Å²) in [6.07, 6.45) is 5.04. The number of likely N-dealkylation sites (tertiary alicyclic amines) is 1. The van der Waals surface area contributed by atoms with Crippen molar-refractivity contribution >= 4 is 15.9 Å². The molecule has 3 rings (SSSR count). The zero-order chi connectivity index (χ0) is 26.1. The van der Waals surface area contributed by atoms with Crippen molar-refractivity contribution in [2.75, 3.05) is 40.9 Å².